The molecule has 25 heavy (non-hydrogen) atoms. The normalized spacial score (nSPS) is 14.4. The number of pyridine rings is 1. The number of nitrogens with zero attached hydrogens (tertiary/aromatic N) is 5. The third-order valence-electron chi connectivity index (χ3n) is 4.68. The summed E-state index contributed by atoms with van der Waals surface area (Å²) in [6.07, 6.45) is 4.42. The van der Waals surface area contributed by atoms with E-state index in [0.29, 0.717) is 16.9 Å². The summed E-state index contributed by atoms with van der Waals surface area (Å²) >= 11 is 0. The second kappa shape index (κ2) is 5.98. The first-order valence-electron chi connectivity index (χ1n) is 8.71. The molecule has 7 heteroatoms. The van der Waals surface area contributed by atoms with Crippen molar-refractivity contribution in [2.75, 3.05) is 5.32 Å². The molecule has 1 N–H and O–H groups in total. The summed E-state index contributed by atoms with van der Waals surface area (Å²) in [6.45, 7) is 4.74. The van der Waals surface area contributed by atoms with E-state index < -0.39 is 0 Å². The van der Waals surface area contributed by atoms with Crippen molar-refractivity contribution in [3.05, 3.63) is 34.9 Å². The molecule has 3 aromatic rings. The highest BCUT2D eigenvalue weighted by molar-refractivity contribution is 6.11. The van der Waals surface area contributed by atoms with Crippen molar-refractivity contribution < 1.29 is 4.79 Å². The molecular formula is C18H22N6O. The predicted molar refractivity (Wildman–Crippen MR) is 95.7 cm³/mol. The number of rotatable bonds is 2. The minimum atomic E-state index is -0.174. The Bertz CT molecular complexity index is 968. The van der Waals surface area contributed by atoms with E-state index >= 15 is 0 Å². The molecule has 0 saturated heterocycles. The Labute approximate surface area is 146 Å². The first-order valence-corrected chi connectivity index (χ1v) is 8.71. The predicted octanol–water partition coefficient (Wildman–Crippen LogP) is 2.76. The van der Waals surface area contributed by atoms with Crippen LogP contribution in [0.3, 0.4) is 0 Å². The molecule has 1 aliphatic rings. The van der Waals surface area contributed by atoms with Crippen LogP contribution >= 0.6 is 0 Å². The van der Waals surface area contributed by atoms with Gasteiger partial charge in [0.05, 0.1) is 11.3 Å². The van der Waals surface area contributed by atoms with Gasteiger partial charge in [-0.3, -0.25) is 9.48 Å². The van der Waals surface area contributed by atoms with E-state index in [9.17, 15) is 4.79 Å². The van der Waals surface area contributed by atoms with Crippen LogP contribution in [0, 0.1) is 13.8 Å². The van der Waals surface area contributed by atoms with Crippen LogP contribution in [0.2, 0.25) is 0 Å². The number of nitrogens with one attached hydrogen (secondary N) is 1. The molecule has 1 aliphatic heterocycles. The van der Waals surface area contributed by atoms with Crippen molar-refractivity contribution >= 4 is 22.9 Å². The van der Waals surface area contributed by atoms with Gasteiger partial charge in [0.1, 0.15) is 17.2 Å². The van der Waals surface area contributed by atoms with Crippen molar-refractivity contribution in [1.82, 2.24) is 24.3 Å². The molecule has 0 aromatic carbocycles. The molecule has 4 heterocycles. The Kier molecular flexibility index (Phi) is 3.78. The SMILES string of the molecule is Cc1cc(C(=O)Nc2cc(C)nn2C)c2nc3n(c2n1)CCCCC3. The summed E-state index contributed by atoms with van der Waals surface area (Å²) in [4.78, 5) is 22.3. The van der Waals surface area contributed by atoms with E-state index in [2.05, 4.69) is 20.0 Å². The summed E-state index contributed by atoms with van der Waals surface area (Å²) in [5.41, 5.74) is 3.78. The second-order valence-corrected chi connectivity index (χ2v) is 6.72. The lowest BCUT2D eigenvalue weighted by atomic mass is 10.2. The van der Waals surface area contributed by atoms with Crippen LogP contribution in [-0.4, -0.2) is 30.2 Å². The molecule has 4 rings (SSSR count). The van der Waals surface area contributed by atoms with E-state index in [4.69, 9.17) is 4.98 Å². The fraction of sp³-hybridized carbons (Fsp3) is 0.444. The van der Waals surface area contributed by atoms with Crippen LogP contribution in [0.1, 0.15) is 46.8 Å². The van der Waals surface area contributed by atoms with Gasteiger partial charge in [-0.05, 0) is 32.8 Å². The zero-order valence-electron chi connectivity index (χ0n) is 14.8. The Morgan fingerprint density at radius 2 is 1.96 bits per heavy atom. The maximum atomic E-state index is 12.9. The molecule has 130 valence electrons. The zero-order chi connectivity index (χ0) is 17.6. The Morgan fingerprint density at radius 3 is 2.72 bits per heavy atom. The monoisotopic (exact) mass is 338 g/mol. The lowest BCUT2D eigenvalue weighted by Gasteiger charge is -2.08. The van der Waals surface area contributed by atoms with Crippen molar-refractivity contribution in [3.8, 4) is 0 Å². The first-order chi connectivity index (χ1) is 12.0. The summed E-state index contributed by atoms with van der Waals surface area (Å²) < 4.78 is 3.85. The Hall–Kier alpha value is -2.70. The molecule has 1 amide bonds. The van der Waals surface area contributed by atoms with Crippen LogP contribution in [0.25, 0.3) is 11.2 Å². The standard InChI is InChI=1S/C18H22N6O/c1-11-9-13(18(25)21-15-10-12(2)22-23(15)3)16-17(19-11)24-8-6-4-5-7-14(24)20-16/h9-10H,4-8H2,1-3H3,(H,21,25). The van der Waals surface area contributed by atoms with Gasteiger partial charge in [-0.2, -0.15) is 5.10 Å². The number of aryl methyl sites for hydroxylation is 5. The van der Waals surface area contributed by atoms with Crippen LogP contribution in [-0.2, 0) is 20.0 Å². The molecular weight excluding hydrogens is 316 g/mol. The highest BCUT2D eigenvalue weighted by Gasteiger charge is 2.21. The fourth-order valence-electron chi connectivity index (χ4n) is 3.50. The lowest BCUT2D eigenvalue weighted by Crippen LogP contribution is -2.15. The number of imidazole rings is 1. The average molecular weight is 338 g/mol. The van der Waals surface area contributed by atoms with Gasteiger partial charge < -0.3 is 9.88 Å². The van der Waals surface area contributed by atoms with E-state index in [1.54, 1.807) is 4.68 Å². The number of aromatic nitrogens is 5. The van der Waals surface area contributed by atoms with Crippen molar-refractivity contribution in [2.24, 2.45) is 7.05 Å². The van der Waals surface area contributed by atoms with Gasteiger partial charge in [-0.1, -0.05) is 6.42 Å². The van der Waals surface area contributed by atoms with Crippen molar-refractivity contribution in [2.45, 2.75) is 46.1 Å². The molecule has 0 spiro atoms. The van der Waals surface area contributed by atoms with Gasteiger partial charge >= 0.3 is 0 Å². The fourth-order valence-corrected chi connectivity index (χ4v) is 3.50. The minimum Gasteiger partial charge on any atom is -0.313 e. The summed E-state index contributed by atoms with van der Waals surface area (Å²) in [7, 11) is 1.81. The summed E-state index contributed by atoms with van der Waals surface area (Å²) in [6, 6.07) is 3.67. The number of carbonyl (C=O) groups excluding carboxylic acids is 1. The molecule has 0 atom stereocenters. The quantitative estimate of drug-likeness (QED) is 0.779. The molecule has 0 unspecified atom stereocenters. The highest BCUT2D eigenvalue weighted by atomic mass is 16.1. The Balaban J connectivity index is 1.78. The van der Waals surface area contributed by atoms with Crippen LogP contribution in [0.15, 0.2) is 12.1 Å². The van der Waals surface area contributed by atoms with E-state index in [0.717, 1.165) is 48.7 Å². The molecule has 0 saturated carbocycles. The van der Waals surface area contributed by atoms with E-state index in [-0.39, 0.29) is 5.91 Å². The number of hydrogen-bond donors (Lipinski definition) is 1. The van der Waals surface area contributed by atoms with Gasteiger partial charge in [0.15, 0.2) is 5.65 Å². The largest absolute Gasteiger partial charge is 0.313 e. The van der Waals surface area contributed by atoms with Crippen LogP contribution in [0.5, 0.6) is 0 Å². The second-order valence-electron chi connectivity index (χ2n) is 6.72. The molecule has 0 radical (unpaired) electrons. The molecule has 0 aliphatic carbocycles. The van der Waals surface area contributed by atoms with Crippen molar-refractivity contribution in [1.29, 1.82) is 0 Å². The number of fused-ring (bicyclic) bond motifs is 3. The van der Waals surface area contributed by atoms with Crippen molar-refractivity contribution in [3.63, 3.8) is 0 Å². The number of hydrogen-bond acceptors (Lipinski definition) is 4. The van der Waals surface area contributed by atoms with Crippen LogP contribution < -0.4 is 5.32 Å². The average Bonchev–Trinajstić information content (AvgIpc) is 2.96. The topological polar surface area (TPSA) is 77.6 Å². The molecule has 0 fully saturated rings. The summed E-state index contributed by atoms with van der Waals surface area (Å²) in [5, 5.41) is 7.21. The first kappa shape index (κ1) is 15.8. The smallest absolute Gasteiger partial charge is 0.259 e. The third-order valence-corrected chi connectivity index (χ3v) is 4.68. The zero-order valence-corrected chi connectivity index (χ0v) is 14.8. The van der Waals surface area contributed by atoms with Gasteiger partial charge in [-0.15, -0.1) is 0 Å². The number of anilines is 1. The summed E-state index contributed by atoms with van der Waals surface area (Å²) in [5.74, 6) is 1.54. The third kappa shape index (κ3) is 2.79. The number of carbonyl (C=O) groups is 1. The van der Waals surface area contributed by atoms with Gasteiger partial charge in [-0.25, -0.2) is 9.97 Å². The molecule has 3 aromatic heterocycles. The van der Waals surface area contributed by atoms with Gasteiger partial charge in [0.25, 0.3) is 5.91 Å². The maximum Gasteiger partial charge on any atom is 0.259 e. The van der Waals surface area contributed by atoms with E-state index in [1.807, 2.05) is 33.0 Å². The highest BCUT2D eigenvalue weighted by Crippen LogP contribution is 2.24. The van der Waals surface area contributed by atoms with Gasteiger partial charge in [0, 0.05) is 31.8 Å². The molecule has 0 bridgehead atoms. The lowest BCUT2D eigenvalue weighted by molar-refractivity contribution is 0.102. The van der Waals surface area contributed by atoms with E-state index in [1.165, 1.54) is 6.42 Å². The maximum absolute atomic E-state index is 12.9. The molecule has 7 nitrogen and oxygen atoms in total. The van der Waals surface area contributed by atoms with Gasteiger partial charge in [0.2, 0.25) is 0 Å². The number of amides is 1. The Morgan fingerprint density at radius 1 is 1.12 bits per heavy atom. The van der Waals surface area contributed by atoms with Crippen LogP contribution in [0.4, 0.5) is 5.82 Å². The minimum absolute atomic E-state index is 0.174.